The number of hydrogen-bond donors (Lipinski definition) is 1. The standard InChI is InChI=1S/C13H21N3O/c1-4-13(3)11(6-12(13)17-5-2)16-10-7-14-9-15-8-10/h7-9,11-12,16H,4-6H2,1-3H3. The van der Waals surface area contributed by atoms with Gasteiger partial charge >= 0.3 is 0 Å². The third-order valence-electron chi connectivity index (χ3n) is 4.01. The summed E-state index contributed by atoms with van der Waals surface area (Å²) in [7, 11) is 0. The fourth-order valence-electron chi connectivity index (χ4n) is 2.55. The first-order chi connectivity index (χ1) is 8.20. The van der Waals surface area contributed by atoms with Gasteiger partial charge in [-0.05, 0) is 19.8 Å². The van der Waals surface area contributed by atoms with E-state index in [1.54, 1.807) is 6.33 Å². The first-order valence-electron chi connectivity index (χ1n) is 6.33. The molecule has 2 rings (SSSR count). The van der Waals surface area contributed by atoms with Gasteiger partial charge in [-0.3, -0.25) is 0 Å². The highest BCUT2D eigenvalue weighted by Gasteiger charge is 2.51. The van der Waals surface area contributed by atoms with E-state index >= 15 is 0 Å². The van der Waals surface area contributed by atoms with Gasteiger partial charge in [0.2, 0.25) is 0 Å². The lowest BCUT2D eigenvalue weighted by molar-refractivity contribution is -0.109. The predicted molar refractivity (Wildman–Crippen MR) is 67.9 cm³/mol. The summed E-state index contributed by atoms with van der Waals surface area (Å²) < 4.78 is 5.78. The normalized spacial score (nSPS) is 31.9. The van der Waals surface area contributed by atoms with E-state index in [4.69, 9.17) is 4.74 Å². The summed E-state index contributed by atoms with van der Waals surface area (Å²) in [6.45, 7) is 7.36. The lowest BCUT2D eigenvalue weighted by Gasteiger charge is -2.53. The van der Waals surface area contributed by atoms with Gasteiger partial charge in [-0.2, -0.15) is 0 Å². The summed E-state index contributed by atoms with van der Waals surface area (Å²) in [6.07, 6.45) is 7.73. The summed E-state index contributed by atoms with van der Waals surface area (Å²) in [4.78, 5) is 8.04. The Kier molecular flexibility index (Phi) is 3.62. The van der Waals surface area contributed by atoms with E-state index in [0.29, 0.717) is 12.1 Å². The SMILES string of the molecule is CCOC1CC(Nc2cncnc2)C1(C)CC. The molecule has 1 fully saturated rings. The van der Waals surface area contributed by atoms with Crippen molar-refractivity contribution in [3.05, 3.63) is 18.7 Å². The lowest BCUT2D eigenvalue weighted by Crippen LogP contribution is -2.59. The molecule has 1 aliphatic rings. The summed E-state index contributed by atoms with van der Waals surface area (Å²) >= 11 is 0. The lowest BCUT2D eigenvalue weighted by atomic mass is 9.61. The average molecular weight is 235 g/mol. The van der Waals surface area contributed by atoms with E-state index in [0.717, 1.165) is 25.1 Å². The van der Waals surface area contributed by atoms with Crippen LogP contribution in [0.2, 0.25) is 0 Å². The first kappa shape index (κ1) is 12.3. The zero-order valence-corrected chi connectivity index (χ0v) is 10.8. The molecule has 0 amide bonds. The Morgan fingerprint density at radius 3 is 2.71 bits per heavy atom. The van der Waals surface area contributed by atoms with Gasteiger partial charge < -0.3 is 10.1 Å². The molecule has 0 bridgehead atoms. The summed E-state index contributed by atoms with van der Waals surface area (Å²) in [5.41, 5.74) is 1.21. The van der Waals surface area contributed by atoms with Crippen molar-refractivity contribution >= 4 is 5.69 Å². The summed E-state index contributed by atoms with van der Waals surface area (Å²) in [5, 5.41) is 3.50. The fourth-order valence-corrected chi connectivity index (χ4v) is 2.55. The van der Waals surface area contributed by atoms with Gasteiger partial charge in [0, 0.05) is 18.1 Å². The monoisotopic (exact) mass is 235 g/mol. The first-order valence-corrected chi connectivity index (χ1v) is 6.33. The van der Waals surface area contributed by atoms with Gasteiger partial charge in [-0.25, -0.2) is 9.97 Å². The summed E-state index contributed by atoms with van der Waals surface area (Å²) in [6, 6.07) is 0.454. The number of nitrogens with one attached hydrogen (secondary N) is 1. The molecule has 17 heavy (non-hydrogen) atoms. The molecule has 0 aromatic carbocycles. The third-order valence-corrected chi connectivity index (χ3v) is 4.01. The van der Waals surface area contributed by atoms with Crippen molar-refractivity contribution in [3.63, 3.8) is 0 Å². The highest BCUT2D eigenvalue weighted by Crippen LogP contribution is 2.47. The van der Waals surface area contributed by atoms with Crippen LogP contribution >= 0.6 is 0 Å². The molecule has 0 saturated heterocycles. The Morgan fingerprint density at radius 1 is 1.41 bits per heavy atom. The molecule has 1 heterocycles. The van der Waals surface area contributed by atoms with E-state index in [1.807, 2.05) is 12.4 Å². The van der Waals surface area contributed by atoms with Gasteiger partial charge in [-0.1, -0.05) is 13.8 Å². The van der Waals surface area contributed by atoms with Crippen LogP contribution < -0.4 is 5.32 Å². The molecular formula is C13H21N3O. The number of anilines is 1. The van der Waals surface area contributed by atoms with Crippen LogP contribution in [0, 0.1) is 5.41 Å². The number of ether oxygens (including phenoxy) is 1. The van der Waals surface area contributed by atoms with Crippen LogP contribution in [0.15, 0.2) is 18.7 Å². The molecule has 1 saturated carbocycles. The van der Waals surface area contributed by atoms with Crippen LogP contribution in [0.4, 0.5) is 5.69 Å². The van der Waals surface area contributed by atoms with Crippen LogP contribution in [-0.4, -0.2) is 28.7 Å². The zero-order chi connectivity index (χ0) is 12.3. The van der Waals surface area contributed by atoms with E-state index in [9.17, 15) is 0 Å². The van der Waals surface area contributed by atoms with Gasteiger partial charge in [0.05, 0.1) is 24.2 Å². The van der Waals surface area contributed by atoms with Gasteiger partial charge in [0.15, 0.2) is 0 Å². The highest BCUT2D eigenvalue weighted by molar-refractivity contribution is 5.40. The quantitative estimate of drug-likeness (QED) is 0.851. The van der Waals surface area contributed by atoms with Crippen LogP contribution in [0.25, 0.3) is 0 Å². The van der Waals surface area contributed by atoms with Crippen molar-refractivity contribution in [2.24, 2.45) is 5.41 Å². The van der Waals surface area contributed by atoms with Gasteiger partial charge in [0.25, 0.3) is 0 Å². The topological polar surface area (TPSA) is 47.0 Å². The largest absolute Gasteiger partial charge is 0.379 e. The molecule has 94 valence electrons. The molecule has 3 atom stereocenters. The van der Waals surface area contributed by atoms with Crippen molar-refractivity contribution in [1.29, 1.82) is 0 Å². The molecule has 1 aliphatic carbocycles. The number of aromatic nitrogens is 2. The maximum absolute atomic E-state index is 5.78. The van der Waals surface area contributed by atoms with Gasteiger partial charge in [-0.15, -0.1) is 0 Å². The van der Waals surface area contributed by atoms with Crippen LogP contribution in [0.5, 0.6) is 0 Å². The molecule has 1 aromatic rings. The minimum absolute atomic E-state index is 0.214. The minimum atomic E-state index is 0.214. The van der Waals surface area contributed by atoms with Crippen molar-refractivity contribution in [1.82, 2.24) is 9.97 Å². The van der Waals surface area contributed by atoms with Crippen LogP contribution in [0.1, 0.15) is 33.6 Å². The molecule has 1 aromatic heterocycles. The van der Waals surface area contributed by atoms with Crippen molar-refractivity contribution < 1.29 is 4.74 Å². The predicted octanol–water partition coefficient (Wildman–Crippen LogP) is 2.48. The van der Waals surface area contributed by atoms with Crippen molar-refractivity contribution in [2.45, 2.75) is 45.8 Å². The second-order valence-corrected chi connectivity index (χ2v) is 4.86. The molecule has 1 N–H and O–H groups in total. The van der Waals surface area contributed by atoms with E-state index < -0.39 is 0 Å². The third kappa shape index (κ3) is 2.27. The Morgan fingerprint density at radius 2 is 2.12 bits per heavy atom. The smallest absolute Gasteiger partial charge is 0.115 e. The fraction of sp³-hybridized carbons (Fsp3) is 0.692. The second kappa shape index (κ2) is 5.00. The molecule has 3 unspecified atom stereocenters. The van der Waals surface area contributed by atoms with Crippen molar-refractivity contribution in [2.75, 3.05) is 11.9 Å². The number of hydrogen-bond acceptors (Lipinski definition) is 4. The van der Waals surface area contributed by atoms with E-state index in [2.05, 4.69) is 36.1 Å². The van der Waals surface area contributed by atoms with Gasteiger partial charge in [0.1, 0.15) is 6.33 Å². The summed E-state index contributed by atoms with van der Waals surface area (Å²) in [5.74, 6) is 0. The number of nitrogens with zero attached hydrogens (tertiary/aromatic N) is 2. The van der Waals surface area contributed by atoms with Crippen LogP contribution in [0.3, 0.4) is 0 Å². The highest BCUT2D eigenvalue weighted by atomic mass is 16.5. The Balaban J connectivity index is 2.00. The zero-order valence-electron chi connectivity index (χ0n) is 10.8. The number of rotatable bonds is 5. The molecule has 0 radical (unpaired) electrons. The van der Waals surface area contributed by atoms with Crippen molar-refractivity contribution in [3.8, 4) is 0 Å². The maximum Gasteiger partial charge on any atom is 0.115 e. The Labute approximate surface area is 103 Å². The Hall–Kier alpha value is -1.16. The Bertz CT molecular complexity index is 357. The molecule has 0 aliphatic heterocycles. The van der Waals surface area contributed by atoms with E-state index in [1.165, 1.54) is 0 Å². The molecule has 4 nitrogen and oxygen atoms in total. The minimum Gasteiger partial charge on any atom is -0.379 e. The van der Waals surface area contributed by atoms with Crippen LogP contribution in [-0.2, 0) is 4.74 Å². The molecule has 4 heteroatoms. The average Bonchev–Trinajstić information content (AvgIpc) is 2.38. The second-order valence-electron chi connectivity index (χ2n) is 4.86. The van der Waals surface area contributed by atoms with E-state index in [-0.39, 0.29) is 5.41 Å². The molecule has 0 spiro atoms. The maximum atomic E-state index is 5.78. The molecular weight excluding hydrogens is 214 g/mol.